The van der Waals surface area contributed by atoms with E-state index in [1.165, 1.54) is 6.07 Å². The van der Waals surface area contributed by atoms with Gasteiger partial charge in [-0.3, -0.25) is 0 Å². The number of thioether (sulfide) groups is 1. The van der Waals surface area contributed by atoms with Gasteiger partial charge in [0.15, 0.2) is 0 Å². The van der Waals surface area contributed by atoms with E-state index in [-0.39, 0.29) is 11.7 Å². The molecule has 108 valence electrons. The first-order valence-electron chi connectivity index (χ1n) is 6.15. The number of nitrogens with two attached hydrogens (primary N) is 1. The number of hydrogen-bond acceptors (Lipinski definition) is 3. The van der Waals surface area contributed by atoms with Gasteiger partial charge in [0.25, 0.3) is 0 Å². The molecule has 0 aromatic heterocycles. The number of anilines is 2. The molecular formula is C13H19F3N2S. The molecule has 1 aromatic carbocycles. The predicted molar refractivity (Wildman–Crippen MR) is 76.6 cm³/mol. The third kappa shape index (κ3) is 5.22. The molecule has 19 heavy (non-hydrogen) atoms. The van der Waals surface area contributed by atoms with Crippen LogP contribution in [0, 0.1) is 0 Å². The van der Waals surface area contributed by atoms with Gasteiger partial charge in [0.05, 0.1) is 16.9 Å². The molecule has 2 nitrogen and oxygen atoms in total. The zero-order valence-electron chi connectivity index (χ0n) is 11.1. The zero-order valence-corrected chi connectivity index (χ0v) is 11.9. The molecule has 1 aromatic rings. The average Bonchev–Trinajstić information content (AvgIpc) is 2.31. The Kier molecular flexibility index (Phi) is 5.85. The van der Waals surface area contributed by atoms with Crippen molar-refractivity contribution in [3.8, 4) is 0 Å². The quantitative estimate of drug-likeness (QED) is 0.608. The number of alkyl halides is 3. The fourth-order valence-corrected chi connectivity index (χ4v) is 2.42. The van der Waals surface area contributed by atoms with Gasteiger partial charge < -0.3 is 11.1 Å². The first-order chi connectivity index (χ1) is 8.84. The molecule has 0 saturated heterocycles. The summed E-state index contributed by atoms with van der Waals surface area (Å²) >= 11 is 1.84. The van der Waals surface area contributed by atoms with Crippen molar-refractivity contribution in [2.45, 2.75) is 32.5 Å². The van der Waals surface area contributed by atoms with Crippen molar-refractivity contribution < 1.29 is 13.2 Å². The van der Waals surface area contributed by atoms with E-state index >= 15 is 0 Å². The standard InChI is InChI=1S/C13H19F3N2S/c1-3-19-7-6-9(2)18-12-5-4-10(8-11(12)17)13(14,15)16/h4-5,8-9,18H,3,6-7,17H2,1-2H3. The molecule has 0 radical (unpaired) electrons. The number of rotatable bonds is 6. The second-order valence-electron chi connectivity index (χ2n) is 4.33. The predicted octanol–water partition coefficient (Wildman–Crippen LogP) is 4.23. The molecule has 6 heteroatoms. The molecule has 0 saturated carbocycles. The number of nitrogens with one attached hydrogen (secondary N) is 1. The Morgan fingerprint density at radius 2 is 2.05 bits per heavy atom. The summed E-state index contributed by atoms with van der Waals surface area (Å²) in [5, 5.41) is 3.14. The van der Waals surface area contributed by atoms with Crippen LogP contribution in [0.3, 0.4) is 0 Å². The normalized spacial score (nSPS) is 13.3. The lowest BCUT2D eigenvalue weighted by molar-refractivity contribution is -0.137. The largest absolute Gasteiger partial charge is 0.416 e. The van der Waals surface area contributed by atoms with Crippen LogP contribution in [0.25, 0.3) is 0 Å². The van der Waals surface area contributed by atoms with E-state index in [1.54, 1.807) is 0 Å². The minimum atomic E-state index is -4.35. The van der Waals surface area contributed by atoms with Crippen LogP contribution in [0.2, 0.25) is 0 Å². The van der Waals surface area contributed by atoms with Gasteiger partial charge in [-0.15, -0.1) is 0 Å². The SMILES string of the molecule is CCSCCC(C)Nc1ccc(C(F)(F)F)cc1N. The lowest BCUT2D eigenvalue weighted by atomic mass is 10.1. The summed E-state index contributed by atoms with van der Waals surface area (Å²) in [5.41, 5.74) is 5.62. The summed E-state index contributed by atoms with van der Waals surface area (Å²) in [6.45, 7) is 4.09. The van der Waals surface area contributed by atoms with Gasteiger partial charge in [0, 0.05) is 6.04 Å². The summed E-state index contributed by atoms with van der Waals surface area (Å²) in [7, 11) is 0. The Morgan fingerprint density at radius 1 is 1.37 bits per heavy atom. The average molecular weight is 292 g/mol. The highest BCUT2D eigenvalue weighted by atomic mass is 32.2. The van der Waals surface area contributed by atoms with Crippen LogP contribution in [0.5, 0.6) is 0 Å². The minimum absolute atomic E-state index is 0.129. The second kappa shape index (κ2) is 6.93. The molecule has 0 aliphatic rings. The Morgan fingerprint density at radius 3 is 2.58 bits per heavy atom. The van der Waals surface area contributed by atoms with Crippen molar-refractivity contribution in [2.24, 2.45) is 0 Å². The van der Waals surface area contributed by atoms with Gasteiger partial charge in [0.2, 0.25) is 0 Å². The third-order valence-corrected chi connectivity index (χ3v) is 3.61. The maximum atomic E-state index is 12.5. The van der Waals surface area contributed by atoms with Crippen LogP contribution in [-0.4, -0.2) is 17.5 Å². The van der Waals surface area contributed by atoms with Crippen LogP contribution in [0.1, 0.15) is 25.8 Å². The monoisotopic (exact) mass is 292 g/mol. The number of nitrogen functional groups attached to an aromatic ring is 1. The van der Waals surface area contributed by atoms with E-state index in [1.807, 2.05) is 18.7 Å². The van der Waals surface area contributed by atoms with Crippen molar-refractivity contribution in [1.29, 1.82) is 0 Å². The van der Waals surface area contributed by atoms with Gasteiger partial charge in [-0.25, -0.2) is 0 Å². The van der Waals surface area contributed by atoms with Crippen molar-refractivity contribution >= 4 is 23.1 Å². The van der Waals surface area contributed by atoms with Crippen LogP contribution >= 0.6 is 11.8 Å². The molecule has 0 fully saturated rings. The van der Waals surface area contributed by atoms with Crippen LogP contribution in [-0.2, 0) is 6.18 Å². The first kappa shape index (κ1) is 16.0. The lowest BCUT2D eigenvalue weighted by Gasteiger charge is -2.17. The molecule has 0 heterocycles. The smallest absolute Gasteiger partial charge is 0.397 e. The van der Waals surface area contributed by atoms with Crippen molar-refractivity contribution in [1.82, 2.24) is 0 Å². The van der Waals surface area contributed by atoms with Gasteiger partial charge >= 0.3 is 6.18 Å². The highest BCUT2D eigenvalue weighted by Gasteiger charge is 2.30. The van der Waals surface area contributed by atoms with Crippen molar-refractivity contribution in [3.05, 3.63) is 23.8 Å². The van der Waals surface area contributed by atoms with Crippen LogP contribution < -0.4 is 11.1 Å². The number of benzene rings is 1. The molecule has 0 aliphatic carbocycles. The molecule has 0 amide bonds. The van der Waals surface area contributed by atoms with E-state index in [9.17, 15) is 13.2 Å². The second-order valence-corrected chi connectivity index (χ2v) is 5.72. The highest BCUT2D eigenvalue weighted by molar-refractivity contribution is 7.99. The van der Waals surface area contributed by atoms with E-state index in [4.69, 9.17) is 5.73 Å². The summed E-state index contributed by atoms with van der Waals surface area (Å²) in [5.74, 6) is 2.08. The zero-order chi connectivity index (χ0) is 14.5. The molecular weight excluding hydrogens is 273 g/mol. The highest BCUT2D eigenvalue weighted by Crippen LogP contribution is 2.33. The van der Waals surface area contributed by atoms with Gasteiger partial charge in [-0.2, -0.15) is 24.9 Å². The molecule has 1 rings (SSSR count). The topological polar surface area (TPSA) is 38.0 Å². The number of hydrogen-bond donors (Lipinski definition) is 2. The van der Waals surface area contributed by atoms with Crippen LogP contribution in [0.4, 0.5) is 24.5 Å². The third-order valence-electron chi connectivity index (χ3n) is 2.68. The van der Waals surface area contributed by atoms with Gasteiger partial charge in [-0.1, -0.05) is 6.92 Å². The Balaban J connectivity index is 2.65. The molecule has 0 aliphatic heterocycles. The summed E-state index contributed by atoms with van der Waals surface area (Å²) in [6, 6.07) is 3.59. The summed E-state index contributed by atoms with van der Waals surface area (Å²) < 4.78 is 37.5. The van der Waals surface area contributed by atoms with E-state index < -0.39 is 11.7 Å². The fraction of sp³-hybridized carbons (Fsp3) is 0.538. The lowest BCUT2D eigenvalue weighted by Crippen LogP contribution is -2.17. The minimum Gasteiger partial charge on any atom is -0.397 e. The van der Waals surface area contributed by atoms with E-state index in [0.717, 1.165) is 30.1 Å². The van der Waals surface area contributed by atoms with E-state index in [0.29, 0.717) is 5.69 Å². The van der Waals surface area contributed by atoms with Crippen molar-refractivity contribution in [2.75, 3.05) is 22.6 Å². The van der Waals surface area contributed by atoms with Crippen LogP contribution in [0.15, 0.2) is 18.2 Å². The molecule has 0 spiro atoms. The molecule has 0 bridgehead atoms. The van der Waals surface area contributed by atoms with Gasteiger partial charge in [-0.05, 0) is 43.0 Å². The fourth-order valence-electron chi connectivity index (χ4n) is 1.61. The van der Waals surface area contributed by atoms with Crippen molar-refractivity contribution in [3.63, 3.8) is 0 Å². The number of halogens is 3. The van der Waals surface area contributed by atoms with Gasteiger partial charge in [0.1, 0.15) is 0 Å². The maximum absolute atomic E-state index is 12.5. The molecule has 1 unspecified atom stereocenters. The first-order valence-corrected chi connectivity index (χ1v) is 7.31. The Hall–Kier alpha value is -1.04. The molecule has 1 atom stereocenters. The Bertz CT molecular complexity index is 407. The Labute approximate surface area is 115 Å². The molecule has 3 N–H and O–H groups in total. The summed E-state index contributed by atoms with van der Waals surface area (Å²) in [6.07, 6.45) is -3.41. The van der Waals surface area contributed by atoms with E-state index in [2.05, 4.69) is 12.2 Å². The maximum Gasteiger partial charge on any atom is 0.416 e. The summed E-state index contributed by atoms with van der Waals surface area (Å²) in [4.78, 5) is 0.